The molecule has 0 aromatic carbocycles. The molecule has 0 amide bonds. The lowest BCUT2D eigenvalue weighted by atomic mass is 9.87. The first-order valence-electron chi connectivity index (χ1n) is 8.25. The Hall–Kier alpha value is -1.30. The van der Waals surface area contributed by atoms with Crippen LogP contribution in [0.15, 0.2) is 10.4 Å². The van der Waals surface area contributed by atoms with E-state index in [1.165, 1.54) is 25.7 Å². The van der Waals surface area contributed by atoms with Gasteiger partial charge in [-0.3, -0.25) is 0 Å². The molecule has 2 rings (SSSR count). The molecule has 1 aliphatic carbocycles. The summed E-state index contributed by atoms with van der Waals surface area (Å²) >= 11 is 1.66. The van der Waals surface area contributed by atoms with Crippen molar-refractivity contribution in [3.63, 3.8) is 0 Å². The van der Waals surface area contributed by atoms with Gasteiger partial charge in [0, 0.05) is 32.1 Å². The monoisotopic (exact) mass is 323 g/mol. The van der Waals surface area contributed by atoms with Crippen molar-refractivity contribution < 1.29 is 0 Å². The summed E-state index contributed by atoms with van der Waals surface area (Å²) in [5.41, 5.74) is 1.03. The zero-order valence-corrected chi connectivity index (χ0v) is 15.0. The highest BCUT2D eigenvalue weighted by atomic mass is 32.1. The van der Waals surface area contributed by atoms with E-state index in [0.29, 0.717) is 12.6 Å². The van der Waals surface area contributed by atoms with Crippen molar-refractivity contribution in [2.24, 2.45) is 10.9 Å². The third-order valence-corrected chi connectivity index (χ3v) is 5.00. The third-order valence-electron chi connectivity index (χ3n) is 3.94. The number of hydrogen-bond acceptors (Lipinski definition) is 4. The SMILES string of the molecule is CCNC(=NCc1csc(N(C)C)n1)NC1CCCC(C)C1. The number of nitrogens with one attached hydrogen (secondary N) is 2. The molecule has 5 nitrogen and oxygen atoms in total. The van der Waals surface area contributed by atoms with E-state index in [1.54, 1.807) is 11.3 Å². The van der Waals surface area contributed by atoms with E-state index < -0.39 is 0 Å². The molecule has 2 unspecified atom stereocenters. The van der Waals surface area contributed by atoms with Crippen molar-refractivity contribution in [2.45, 2.75) is 52.1 Å². The molecule has 1 aromatic heterocycles. The second kappa shape index (κ2) is 8.36. The van der Waals surface area contributed by atoms with Crippen LogP contribution in [-0.4, -0.2) is 37.6 Å². The van der Waals surface area contributed by atoms with Crippen molar-refractivity contribution in [3.8, 4) is 0 Å². The van der Waals surface area contributed by atoms with E-state index in [-0.39, 0.29) is 0 Å². The predicted molar refractivity (Wildman–Crippen MR) is 95.8 cm³/mol. The normalized spacial score (nSPS) is 22.5. The maximum atomic E-state index is 4.70. The van der Waals surface area contributed by atoms with Crippen molar-refractivity contribution in [1.29, 1.82) is 0 Å². The lowest BCUT2D eigenvalue weighted by molar-refractivity contribution is 0.324. The first kappa shape index (κ1) is 17.1. The van der Waals surface area contributed by atoms with Gasteiger partial charge in [-0.05, 0) is 25.7 Å². The molecule has 22 heavy (non-hydrogen) atoms. The minimum Gasteiger partial charge on any atom is -0.357 e. The largest absolute Gasteiger partial charge is 0.357 e. The summed E-state index contributed by atoms with van der Waals surface area (Å²) in [6, 6.07) is 0.550. The van der Waals surface area contributed by atoms with Crippen molar-refractivity contribution in [2.75, 3.05) is 25.5 Å². The topological polar surface area (TPSA) is 52.6 Å². The van der Waals surface area contributed by atoms with Crippen LogP contribution >= 0.6 is 11.3 Å². The molecular formula is C16H29N5S. The second-order valence-electron chi connectivity index (χ2n) is 6.32. The third kappa shape index (κ3) is 5.16. The number of hydrogen-bond donors (Lipinski definition) is 2. The van der Waals surface area contributed by atoms with Gasteiger partial charge in [0.05, 0.1) is 12.2 Å². The van der Waals surface area contributed by atoms with Crippen LogP contribution in [-0.2, 0) is 6.54 Å². The lowest BCUT2D eigenvalue weighted by Crippen LogP contribution is -2.45. The Morgan fingerprint density at radius 2 is 2.27 bits per heavy atom. The Balaban J connectivity index is 1.93. The summed E-state index contributed by atoms with van der Waals surface area (Å²) in [6.45, 7) is 5.96. The molecule has 0 spiro atoms. The maximum absolute atomic E-state index is 4.70. The van der Waals surface area contributed by atoms with Gasteiger partial charge in [0.15, 0.2) is 11.1 Å². The van der Waals surface area contributed by atoms with Crippen molar-refractivity contribution in [3.05, 3.63) is 11.1 Å². The van der Waals surface area contributed by atoms with Crippen LogP contribution in [0.2, 0.25) is 0 Å². The van der Waals surface area contributed by atoms with Gasteiger partial charge in [-0.1, -0.05) is 19.8 Å². The van der Waals surface area contributed by atoms with E-state index in [2.05, 4.69) is 34.8 Å². The zero-order valence-electron chi connectivity index (χ0n) is 14.2. The maximum Gasteiger partial charge on any atom is 0.191 e. The number of rotatable bonds is 5. The van der Waals surface area contributed by atoms with Gasteiger partial charge < -0.3 is 15.5 Å². The molecule has 1 fully saturated rings. The number of nitrogens with zero attached hydrogens (tertiary/aromatic N) is 3. The predicted octanol–water partition coefficient (Wildman–Crippen LogP) is 2.84. The van der Waals surface area contributed by atoms with Crippen molar-refractivity contribution >= 4 is 22.4 Å². The second-order valence-corrected chi connectivity index (χ2v) is 7.16. The molecule has 1 aromatic rings. The molecule has 0 bridgehead atoms. The molecule has 2 N–H and O–H groups in total. The van der Waals surface area contributed by atoms with Crippen LogP contribution < -0.4 is 15.5 Å². The molecule has 124 valence electrons. The number of thiazole rings is 1. The van der Waals surface area contributed by atoms with Gasteiger partial charge in [-0.2, -0.15) is 0 Å². The van der Waals surface area contributed by atoms with Crippen LogP contribution in [0.5, 0.6) is 0 Å². The van der Waals surface area contributed by atoms with Crippen LogP contribution in [0.25, 0.3) is 0 Å². The summed E-state index contributed by atoms with van der Waals surface area (Å²) in [5.74, 6) is 1.73. The molecule has 6 heteroatoms. The van der Waals surface area contributed by atoms with Crippen molar-refractivity contribution in [1.82, 2.24) is 15.6 Å². The molecule has 1 aliphatic rings. The lowest BCUT2D eigenvalue weighted by Gasteiger charge is -2.28. The smallest absolute Gasteiger partial charge is 0.191 e. The molecule has 0 radical (unpaired) electrons. The summed E-state index contributed by atoms with van der Waals surface area (Å²) < 4.78 is 0. The summed E-state index contributed by atoms with van der Waals surface area (Å²) in [4.78, 5) is 11.3. The number of aliphatic imine (C=N–C) groups is 1. The van der Waals surface area contributed by atoms with E-state index in [9.17, 15) is 0 Å². The fourth-order valence-corrected chi connectivity index (χ4v) is 3.56. The average molecular weight is 324 g/mol. The standard InChI is InChI=1S/C16H29N5S/c1-5-17-15(19-13-8-6-7-12(2)9-13)18-10-14-11-22-16(20-14)21(3)4/h11-13H,5-10H2,1-4H3,(H2,17,18,19). The fourth-order valence-electron chi connectivity index (χ4n) is 2.81. The highest BCUT2D eigenvalue weighted by Gasteiger charge is 2.19. The van der Waals surface area contributed by atoms with E-state index in [1.807, 2.05) is 19.0 Å². The van der Waals surface area contributed by atoms with Crippen LogP contribution in [0.1, 0.15) is 45.2 Å². The Kier molecular flexibility index (Phi) is 6.49. The van der Waals surface area contributed by atoms with Crippen LogP contribution in [0.4, 0.5) is 5.13 Å². The van der Waals surface area contributed by atoms with Gasteiger partial charge in [0.1, 0.15) is 0 Å². The summed E-state index contributed by atoms with van der Waals surface area (Å²) in [6.07, 6.45) is 5.16. The minimum absolute atomic E-state index is 0.550. The first-order chi connectivity index (χ1) is 10.6. The Morgan fingerprint density at radius 3 is 2.91 bits per heavy atom. The molecule has 0 saturated heterocycles. The molecule has 1 saturated carbocycles. The zero-order chi connectivity index (χ0) is 15.9. The Morgan fingerprint density at radius 1 is 1.45 bits per heavy atom. The average Bonchev–Trinajstić information content (AvgIpc) is 2.94. The fraction of sp³-hybridized carbons (Fsp3) is 0.750. The highest BCUT2D eigenvalue weighted by Crippen LogP contribution is 2.23. The Bertz CT molecular complexity index is 483. The van der Waals surface area contributed by atoms with Gasteiger partial charge in [0.2, 0.25) is 0 Å². The van der Waals surface area contributed by atoms with Gasteiger partial charge in [-0.25, -0.2) is 9.98 Å². The molecule has 2 atom stereocenters. The van der Waals surface area contributed by atoms with E-state index in [0.717, 1.165) is 29.2 Å². The quantitative estimate of drug-likeness (QED) is 0.646. The van der Waals surface area contributed by atoms with E-state index in [4.69, 9.17) is 4.99 Å². The molecule has 0 aliphatic heterocycles. The van der Waals surface area contributed by atoms with Crippen LogP contribution in [0, 0.1) is 5.92 Å². The minimum atomic E-state index is 0.550. The summed E-state index contributed by atoms with van der Waals surface area (Å²) in [7, 11) is 4.03. The van der Waals surface area contributed by atoms with Gasteiger partial charge >= 0.3 is 0 Å². The summed E-state index contributed by atoms with van der Waals surface area (Å²) in [5, 5.41) is 10.1. The molecule has 1 heterocycles. The van der Waals surface area contributed by atoms with Gasteiger partial charge in [0.25, 0.3) is 0 Å². The number of aromatic nitrogens is 1. The Labute approximate surface area is 138 Å². The number of anilines is 1. The van der Waals surface area contributed by atoms with Gasteiger partial charge in [-0.15, -0.1) is 11.3 Å². The first-order valence-corrected chi connectivity index (χ1v) is 9.13. The number of guanidine groups is 1. The molecular weight excluding hydrogens is 294 g/mol. The highest BCUT2D eigenvalue weighted by molar-refractivity contribution is 7.13. The van der Waals surface area contributed by atoms with Crippen LogP contribution in [0.3, 0.4) is 0 Å². The van der Waals surface area contributed by atoms with E-state index >= 15 is 0 Å².